The Balaban J connectivity index is 1.55. The van der Waals surface area contributed by atoms with Crippen LogP contribution in [0, 0.1) is 11.3 Å². The van der Waals surface area contributed by atoms with Crippen molar-refractivity contribution in [1.82, 2.24) is 0 Å². The Labute approximate surface area is 107 Å². The van der Waals surface area contributed by atoms with Gasteiger partial charge in [-0.3, -0.25) is 4.79 Å². The topological polar surface area (TPSA) is 37.3 Å². The van der Waals surface area contributed by atoms with Crippen molar-refractivity contribution in [2.24, 2.45) is 11.3 Å². The normalized spacial score (nSPS) is 38.5. The van der Waals surface area contributed by atoms with Gasteiger partial charge in [0.1, 0.15) is 0 Å². The highest BCUT2D eigenvalue weighted by Gasteiger charge is 2.71. The lowest BCUT2D eigenvalue weighted by Crippen LogP contribution is -2.05. The van der Waals surface area contributed by atoms with Crippen LogP contribution in [0.2, 0.25) is 0 Å². The summed E-state index contributed by atoms with van der Waals surface area (Å²) in [6, 6.07) is 8.78. The molecule has 3 unspecified atom stereocenters. The van der Waals surface area contributed by atoms with Crippen LogP contribution in [0.15, 0.2) is 24.3 Å². The van der Waals surface area contributed by atoms with E-state index in [2.05, 4.69) is 31.2 Å². The number of carboxylic acids is 1. The van der Waals surface area contributed by atoms with Crippen molar-refractivity contribution in [3.63, 3.8) is 0 Å². The van der Waals surface area contributed by atoms with E-state index in [0.717, 1.165) is 6.42 Å². The van der Waals surface area contributed by atoms with Crippen molar-refractivity contribution in [3.05, 3.63) is 35.4 Å². The minimum Gasteiger partial charge on any atom is -0.481 e. The van der Waals surface area contributed by atoms with Crippen LogP contribution in [-0.2, 0) is 10.2 Å². The summed E-state index contributed by atoms with van der Waals surface area (Å²) in [5.74, 6) is -0.518. The number of rotatable bonds is 3. The predicted molar refractivity (Wildman–Crippen MR) is 68.6 cm³/mol. The Kier molecular flexibility index (Phi) is 1.76. The molecule has 0 amide bonds. The van der Waals surface area contributed by atoms with Gasteiger partial charge in [0.05, 0.1) is 5.92 Å². The van der Waals surface area contributed by atoms with Crippen molar-refractivity contribution >= 4 is 5.97 Å². The standard InChI is InChI=1S/C16H18O2/c1-15(9-16(15)6-7-16)11-4-2-10(3-5-11)12-8-13(12)14(17)18/h2-5,12-13H,6-9H2,1H3,(H,17,18). The molecule has 0 saturated heterocycles. The van der Waals surface area contributed by atoms with Crippen molar-refractivity contribution in [2.45, 2.75) is 43.9 Å². The molecule has 4 rings (SSSR count). The lowest BCUT2D eigenvalue weighted by Gasteiger charge is -2.12. The zero-order valence-corrected chi connectivity index (χ0v) is 10.6. The fraction of sp³-hybridized carbons (Fsp3) is 0.562. The van der Waals surface area contributed by atoms with Gasteiger partial charge in [-0.25, -0.2) is 0 Å². The molecule has 0 aliphatic heterocycles. The molecule has 1 aromatic carbocycles. The zero-order valence-electron chi connectivity index (χ0n) is 10.6. The average molecular weight is 242 g/mol. The molecular weight excluding hydrogens is 224 g/mol. The first kappa shape index (κ1) is 10.6. The van der Waals surface area contributed by atoms with E-state index in [0.29, 0.717) is 10.8 Å². The van der Waals surface area contributed by atoms with Crippen LogP contribution in [0.3, 0.4) is 0 Å². The molecule has 3 atom stereocenters. The van der Waals surface area contributed by atoms with Gasteiger partial charge in [0.2, 0.25) is 0 Å². The second kappa shape index (κ2) is 2.98. The van der Waals surface area contributed by atoms with E-state index in [1.54, 1.807) is 0 Å². The third-order valence-corrected chi connectivity index (χ3v) is 5.67. The third kappa shape index (κ3) is 1.26. The maximum atomic E-state index is 10.9. The molecule has 94 valence electrons. The van der Waals surface area contributed by atoms with Crippen molar-refractivity contribution in [3.8, 4) is 0 Å². The third-order valence-electron chi connectivity index (χ3n) is 5.67. The van der Waals surface area contributed by atoms with Crippen LogP contribution in [0.25, 0.3) is 0 Å². The summed E-state index contributed by atoms with van der Waals surface area (Å²) in [7, 11) is 0. The maximum Gasteiger partial charge on any atom is 0.307 e. The number of carbonyl (C=O) groups is 1. The number of hydrogen-bond acceptors (Lipinski definition) is 1. The Bertz CT molecular complexity index is 527. The molecular formula is C16H18O2. The van der Waals surface area contributed by atoms with Crippen molar-refractivity contribution < 1.29 is 9.90 Å². The number of aliphatic carboxylic acids is 1. The van der Waals surface area contributed by atoms with E-state index in [4.69, 9.17) is 5.11 Å². The molecule has 2 nitrogen and oxygen atoms in total. The highest BCUT2D eigenvalue weighted by atomic mass is 16.4. The van der Waals surface area contributed by atoms with Crippen LogP contribution in [0.4, 0.5) is 0 Å². The van der Waals surface area contributed by atoms with Gasteiger partial charge in [0, 0.05) is 0 Å². The van der Waals surface area contributed by atoms with E-state index in [9.17, 15) is 4.79 Å². The van der Waals surface area contributed by atoms with Crippen LogP contribution in [-0.4, -0.2) is 11.1 Å². The molecule has 3 aliphatic rings. The largest absolute Gasteiger partial charge is 0.481 e. The first-order chi connectivity index (χ1) is 8.56. The lowest BCUT2D eigenvalue weighted by molar-refractivity contribution is -0.138. The van der Waals surface area contributed by atoms with Gasteiger partial charge < -0.3 is 5.11 Å². The zero-order chi connectivity index (χ0) is 12.5. The summed E-state index contributed by atoms with van der Waals surface area (Å²) in [6.45, 7) is 2.38. The van der Waals surface area contributed by atoms with E-state index in [1.165, 1.54) is 30.4 Å². The molecule has 1 aromatic rings. The lowest BCUT2D eigenvalue weighted by atomic mass is 9.93. The second-order valence-corrected chi connectivity index (χ2v) is 6.70. The molecule has 18 heavy (non-hydrogen) atoms. The highest BCUT2D eigenvalue weighted by Crippen LogP contribution is 2.78. The molecule has 3 saturated carbocycles. The van der Waals surface area contributed by atoms with Gasteiger partial charge in [-0.05, 0) is 53.6 Å². The molecule has 1 N–H and O–H groups in total. The maximum absolute atomic E-state index is 10.9. The highest BCUT2D eigenvalue weighted by molar-refractivity contribution is 5.75. The van der Waals surface area contributed by atoms with E-state index in [1.807, 2.05) is 0 Å². The molecule has 0 bridgehead atoms. The average Bonchev–Trinajstić information content (AvgIpc) is 3.22. The monoisotopic (exact) mass is 242 g/mol. The van der Waals surface area contributed by atoms with Gasteiger partial charge in [-0.15, -0.1) is 0 Å². The van der Waals surface area contributed by atoms with E-state index >= 15 is 0 Å². The summed E-state index contributed by atoms with van der Waals surface area (Å²) < 4.78 is 0. The van der Waals surface area contributed by atoms with E-state index < -0.39 is 5.97 Å². The molecule has 1 spiro atoms. The van der Waals surface area contributed by atoms with Crippen LogP contribution in [0.5, 0.6) is 0 Å². The Morgan fingerprint density at radius 3 is 2.39 bits per heavy atom. The van der Waals surface area contributed by atoms with Crippen molar-refractivity contribution in [2.75, 3.05) is 0 Å². The molecule has 2 heteroatoms. The summed E-state index contributed by atoms with van der Waals surface area (Å²) >= 11 is 0. The van der Waals surface area contributed by atoms with Crippen LogP contribution < -0.4 is 0 Å². The first-order valence-corrected chi connectivity index (χ1v) is 6.89. The fourth-order valence-electron chi connectivity index (χ4n) is 3.85. The molecule has 3 aliphatic carbocycles. The summed E-state index contributed by atoms with van der Waals surface area (Å²) in [5, 5.41) is 8.96. The number of benzene rings is 1. The predicted octanol–water partition coefficient (Wildman–Crippen LogP) is 3.32. The van der Waals surface area contributed by atoms with Gasteiger partial charge >= 0.3 is 5.97 Å². The molecule has 0 radical (unpaired) electrons. The fourth-order valence-corrected chi connectivity index (χ4v) is 3.85. The van der Waals surface area contributed by atoms with Gasteiger partial charge in [0.15, 0.2) is 0 Å². The Morgan fingerprint density at radius 2 is 1.94 bits per heavy atom. The molecule has 3 fully saturated rings. The van der Waals surface area contributed by atoms with E-state index in [-0.39, 0.29) is 11.8 Å². The summed E-state index contributed by atoms with van der Waals surface area (Å²) in [6.07, 6.45) is 4.96. The van der Waals surface area contributed by atoms with Gasteiger partial charge in [0.25, 0.3) is 0 Å². The van der Waals surface area contributed by atoms with Gasteiger partial charge in [-0.1, -0.05) is 31.2 Å². The van der Waals surface area contributed by atoms with Crippen LogP contribution >= 0.6 is 0 Å². The minimum absolute atomic E-state index is 0.137. The van der Waals surface area contributed by atoms with Gasteiger partial charge in [-0.2, -0.15) is 0 Å². The smallest absolute Gasteiger partial charge is 0.307 e. The number of carboxylic acid groups (broad SMARTS) is 1. The molecule has 0 heterocycles. The first-order valence-electron chi connectivity index (χ1n) is 6.89. The Morgan fingerprint density at radius 1 is 1.28 bits per heavy atom. The Hall–Kier alpha value is -1.31. The summed E-state index contributed by atoms with van der Waals surface area (Å²) in [4.78, 5) is 10.9. The quantitative estimate of drug-likeness (QED) is 0.882. The second-order valence-electron chi connectivity index (χ2n) is 6.70. The van der Waals surface area contributed by atoms with Crippen molar-refractivity contribution in [1.29, 1.82) is 0 Å². The number of hydrogen-bond donors (Lipinski definition) is 1. The minimum atomic E-state index is -0.643. The summed E-state index contributed by atoms with van der Waals surface area (Å²) in [5.41, 5.74) is 3.73. The SMILES string of the molecule is CC1(c2ccc(C3CC3C(=O)O)cc2)CC12CC2. The van der Waals surface area contributed by atoms with Crippen LogP contribution in [0.1, 0.15) is 49.7 Å². The molecule has 0 aromatic heterocycles.